The van der Waals surface area contributed by atoms with Gasteiger partial charge in [0, 0.05) is 22.7 Å². The summed E-state index contributed by atoms with van der Waals surface area (Å²) in [7, 11) is 0. The average Bonchev–Trinajstić information content (AvgIpc) is 0.802. The summed E-state index contributed by atoms with van der Waals surface area (Å²) in [5, 5.41) is 106. The zero-order chi connectivity index (χ0) is 72.0. The zero-order valence-electron chi connectivity index (χ0n) is 63.8. The van der Waals surface area contributed by atoms with E-state index >= 15 is 0 Å². The Hall–Kier alpha value is -5.01. The summed E-state index contributed by atoms with van der Waals surface area (Å²) in [6, 6.07) is 31.5. The topological polar surface area (TPSA) is 233 Å². The van der Waals surface area contributed by atoms with Crippen molar-refractivity contribution in [2.24, 2.45) is 0 Å². The monoisotopic (exact) mass is 1360 g/mol. The van der Waals surface area contributed by atoms with Crippen molar-refractivity contribution >= 4 is 45.5 Å². The summed E-state index contributed by atoms with van der Waals surface area (Å²) >= 11 is 0. The molecule has 6 rings (SSSR count). The predicted octanol–water partition coefficient (Wildman–Crippen LogP) is 16.0. The van der Waals surface area contributed by atoms with Crippen molar-refractivity contribution in [2.75, 3.05) is 21.3 Å². The Morgan fingerprint density at radius 2 is 0.362 bits per heavy atom. The van der Waals surface area contributed by atoms with E-state index in [0.29, 0.717) is 22.7 Å². The van der Waals surface area contributed by atoms with Crippen LogP contribution < -0.4 is 62.1 Å². The largest absolute Gasteiger partial charge is 4.00 e. The first-order valence-electron chi connectivity index (χ1n) is 32.7. The van der Waals surface area contributed by atoms with Crippen LogP contribution in [0.3, 0.4) is 0 Å². The Bertz CT molecular complexity index is 2830. The third-order valence-electron chi connectivity index (χ3n) is 14.0. The molecule has 0 aliphatic rings. The Kier molecular flexibility index (Phi) is 35.4. The summed E-state index contributed by atoms with van der Waals surface area (Å²) in [6.45, 7) is 63.6. The number of anilines is 8. The van der Waals surface area contributed by atoms with Gasteiger partial charge in [0.25, 0.3) is 0 Å². The van der Waals surface area contributed by atoms with Crippen LogP contribution in [0.15, 0.2) is 97.1 Å². The van der Waals surface area contributed by atoms with Crippen LogP contribution >= 0.6 is 0 Å². The molecule has 94 heavy (non-hydrogen) atoms. The fourth-order valence-electron chi connectivity index (χ4n) is 8.83. The third-order valence-corrected chi connectivity index (χ3v) is 14.0. The van der Waals surface area contributed by atoms with Gasteiger partial charge in [-0.25, -0.2) is 0 Å². The first kappa shape index (κ1) is 91.0. The van der Waals surface area contributed by atoms with Gasteiger partial charge >= 0.3 is 43.4 Å². The quantitative estimate of drug-likeness (QED) is 0.104. The van der Waals surface area contributed by atoms with Gasteiger partial charge in [-0.3, -0.25) is 0 Å². The molecule has 0 fully saturated rings. The van der Waals surface area contributed by atoms with Crippen LogP contribution in [0.4, 0.5) is 45.5 Å². The molecule has 0 aliphatic carbocycles. The molecule has 0 aliphatic heterocycles. The van der Waals surface area contributed by atoms with E-state index in [1.807, 2.05) is 97.1 Å². The van der Waals surface area contributed by atoms with E-state index in [9.17, 15) is 40.9 Å². The second-order valence-corrected chi connectivity index (χ2v) is 33.4. The Morgan fingerprint density at radius 3 is 0.468 bits per heavy atom. The minimum Gasteiger partial charge on any atom is -0.871 e. The van der Waals surface area contributed by atoms with E-state index in [0.717, 1.165) is 67.3 Å². The van der Waals surface area contributed by atoms with Gasteiger partial charge < -0.3 is 62.1 Å². The van der Waals surface area contributed by atoms with Crippen LogP contribution in [0.25, 0.3) is 0 Å². The van der Waals surface area contributed by atoms with Gasteiger partial charge in [-0.2, -0.15) is 0 Å². The molecule has 0 spiro atoms. The maximum Gasteiger partial charge on any atom is 4.00 e. The maximum absolute atomic E-state index is 13.6. The molecule has 0 atom stereocenters. The first-order chi connectivity index (χ1) is 41.3. The predicted molar refractivity (Wildman–Crippen MR) is 380 cm³/mol. The summed E-state index contributed by atoms with van der Waals surface area (Å²) < 4.78 is 0. The summed E-state index contributed by atoms with van der Waals surface area (Å²) in [5.41, 5.74) is 11.1. The van der Waals surface area contributed by atoms with Crippen LogP contribution in [-0.4, -0.2) is 24.4 Å². The Morgan fingerprint density at radius 1 is 0.234 bits per heavy atom. The minimum absolute atomic E-state index is 0. The molecule has 0 saturated heterocycles. The first-order valence-corrected chi connectivity index (χ1v) is 32.7. The molecule has 4 N–H and O–H groups in total. The van der Waals surface area contributed by atoms with Gasteiger partial charge in [-0.1, -0.05) is 293 Å². The number of benzene rings is 6. The molecule has 0 amide bonds. The zero-order valence-corrected chi connectivity index (χ0v) is 66.9. The molecular weight excluding hydrogens is 1240 g/mol. The van der Waals surface area contributed by atoms with Crippen molar-refractivity contribution in [3.8, 4) is 23.0 Å². The van der Waals surface area contributed by atoms with Crippen molar-refractivity contribution in [3.05, 3.63) is 142 Å². The van der Waals surface area contributed by atoms with Crippen molar-refractivity contribution in [1.29, 1.82) is 0 Å². The molecule has 0 bridgehead atoms. The molecule has 0 unspecified atom stereocenters. The SMILES string of the molecule is CC(C)(C)c1cc(Nc2ccccc2Nc2cc(C(C)(C)C)cc(C(C)(C)C)c2[O-])c([O-])c(C(C)(C)C)c1.CC(C)(C)c1cc(Nc2ccccc2Nc2cc(C(C)(C)C)cc(C(C)(C)C)c2[O-])c([O-])c(C(C)(C)C)c1.CC(C)[O-].CC(C)[O-].CC(C)[O-].CC(C)[O-].[Ti+4].[Ti+4]. The van der Waals surface area contributed by atoms with Crippen LogP contribution in [0, 0.1) is 0 Å². The molecule has 0 heterocycles. The van der Waals surface area contributed by atoms with Gasteiger partial charge in [0.15, 0.2) is 0 Å². The van der Waals surface area contributed by atoms with Gasteiger partial charge in [-0.05, 0) is 136 Å². The van der Waals surface area contributed by atoms with E-state index in [1.54, 1.807) is 55.4 Å². The average molecular weight is 1360 g/mol. The number of hydrogen-bond acceptors (Lipinski definition) is 12. The van der Waals surface area contributed by atoms with Crippen molar-refractivity contribution in [3.63, 3.8) is 0 Å². The fraction of sp³-hybridized carbons (Fsp3) is 0.550. The van der Waals surface area contributed by atoms with Crippen molar-refractivity contribution in [1.82, 2.24) is 0 Å². The smallest absolute Gasteiger partial charge is 0.871 e. The van der Waals surface area contributed by atoms with Crippen molar-refractivity contribution < 1.29 is 84.3 Å². The molecule has 0 radical (unpaired) electrons. The Balaban J connectivity index is 0. The van der Waals surface area contributed by atoms with Gasteiger partial charge in [0.1, 0.15) is 0 Å². The van der Waals surface area contributed by atoms with Crippen LogP contribution in [0.1, 0.15) is 266 Å². The molecule has 6 aromatic carbocycles. The third kappa shape index (κ3) is 30.6. The van der Waals surface area contributed by atoms with Gasteiger partial charge in [-0.15, -0.1) is 24.4 Å². The summed E-state index contributed by atoms with van der Waals surface area (Å²) in [4.78, 5) is 0. The molecular formula is C80H120N4O8Ti2. The van der Waals surface area contributed by atoms with Crippen LogP contribution in [-0.2, 0) is 86.8 Å². The minimum atomic E-state index is -0.417. The number of para-hydroxylation sites is 4. The molecule has 14 heteroatoms. The summed E-state index contributed by atoms with van der Waals surface area (Å²) in [6.07, 6.45) is -1.67. The van der Waals surface area contributed by atoms with Crippen LogP contribution in [0.2, 0.25) is 0 Å². The molecule has 0 aromatic heterocycles. The fourth-order valence-corrected chi connectivity index (χ4v) is 8.83. The molecule has 0 saturated carbocycles. The number of nitrogens with one attached hydrogen (secondary N) is 4. The van der Waals surface area contributed by atoms with E-state index in [2.05, 4.69) is 187 Å². The second-order valence-electron chi connectivity index (χ2n) is 33.4. The van der Waals surface area contributed by atoms with E-state index in [4.69, 9.17) is 0 Å². The van der Waals surface area contributed by atoms with Crippen LogP contribution in [0.5, 0.6) is 23.0 Å². The van der Waals surface area contributed by atoms with Gasteiger partial charge in [0.2, 0.25) is 0 Å². The van der Waals surface area contributed by atoms with E-state index in [-0.39, 0.29) is 110 Å². The summed E-state index contributed by atoms with van der Waals surface area (Å²) in [5.74, 6) is -0.0201. The molecule has 12 nitrogen and oxygen atoms in total. The number of hydrogen-bond donors (Lipinski definition) is 4. The van der Waals surface area contributed by atoms with Crippen molar-refractivity contribution in [2.45, 2.75) is 289 Å². The molecule has 6 aromatic rings. The Labute approximate surface area is 600 Å². The second kappa shape index (κ2) is 36.5. The van der Waals surface area contributed by atoms with E-state index in [1.165, 1.54) is 0 Å². The maximum atomic E-state index is 13.6. The number of rotatable bonds is 8. The standard InChI is InChI=1S/2C34H48N2O2.4C3H7O.2Ti/c2*1-31(2,3)21-17-23(33(7,8)9)29(37)27(19-21)35-25-15-13-14-16-26(25)36-28-20-22(32(4,5)6)18-24(30(28)38)34(10,11)12;4*1-3(2)4;;/h2*13-20,35-38H,1-12H3;4*3H,1-2H3;;/q;;4*-1;2*+4/p-4. The normalized spacial score (nSPS) is 12.0. The molecule has 516 valence electrons. The van der Waals surface area contributed by atoms with E-state index < -0.39 is 24.4 Å². The van der Waals surface area contributed by atoms with Gasteiger partial charge in [0.05, 0.1) is 22.7 Å².